The van der Waals surface area contributed by atoms with Crippen LogP contribution in [0.1, 0.15) is 10.4 Å². The quantitative estimate of drug-likeness (QED) is 0.843. The number of hydrogen-bond acceptors (Lipinski definition) is 3. The molecule has 0 saturated heterocycles. The number of aryl methyl sites for hydroxylation is 1. The Bertz CT molecular complexity index is 532. The van der Waals surface area contributed by atoms with Gasteiger partial charge in [0.2, 0.25) is 5.91 Å². The Hall–Kier alpha value is -1.94. The van der Waals surface area contributed by atoms with E-state index < -0.39 is 0 Å². The summed E-state index contributed by atoms with van der Waals surface area (Å²) >= 11 is 1.59. The Kier molecular flexibility index (Phi) is 3.67. The Labute approximate surface area is 104 Å². The van der Waals surface area contributed by atoms with E-state index in [1.54, 1.807) is 23.6 Å². The first-order chi connectivity index (χ1) is 8.25. The highest BCUT2D eigenvalue weighted by Gasteiger charge is 2.01. The second kappa shape index (κ2) is 5.41. The van der Waals surface area contributed by atoms with Gasteiger partial charge in [0, 0.05) is 17.2 Å². The number of hydrogen-bond donors (Lipinski definition) is 1. The normalized spacial score (nSPS) is 10.6. The Morgan fingerprint density at radius 1 is 1.41 bits per heavy atom. The summed E-state index contributed by atoms with van der Waals surface area (Å²) in [4.78, 5) is 16.8. The van der Waals surface area contributed by atoms with Gasteiger partial charge in [-0.05, 0) is 36.1 Å². The zero-order valence-corrected chi connectivity index (χ0v) is 10.2. The smallest absolute Gasteiger partial charge is 0.249 e. The second-order valence-corrected chi connectivity index (χ2v) is 4.49. The lowest BCUT2D eigenvalue weighted by atomic mass is 10.3. The van der Waals surface area contributed by atoms with E-state index in [2.05, 4.69) is 10.3 Å². The zero-order valence-electron chi connectivity index (χ0n) is 9.38. The molecule has 2 heterocycles. The summed E-state index contributed by atoms with van der Waals surface area (Å²) in [5.74, 6) is 0.438. The first kappa shape index (κ1) is 11.5. The van der Waals surface area contributed by atoms with Gasteiger partial charge in [-0.25, -0.2) is 4.98 Å². The van der Waals surface area contributed by atoms with Crippen LogP contribution in [0.25, 0.3) is 6.08 Å². The van der Waals surface area contributed by atoms with Crippen molar-refractivity contribution in [1.29, 1.82) is 0 Å². The molecule has 17 heavy (non-hydrogen) atoms. The molecule has 0 aliphatic heterocycles. The van der Waals surface area contributed by atoms with Crippen molar-refractivity contribution in [3.8, 4) is 0 Å². The predicted octanol–water partition coefficient (Wildman–Crippen LogP) is 3.10. The van der Waals surface area contributed by atoms with Crippen molar-refractivity contribution in [2.75, 3.05) is 5.32 Å². The molecule has 2 aromatic heterocycles. The fourth-order valence-corrected chi connectivity index (χ4v) is 1.94. The maximum absolute atomic E-state index is 11.6. The molecule has 0 saturated carbocycles. The third kappa shape index (κ3) is 3.26. The number of rotatable bonds is 3. The maximum Gasteiger partial charge on any atom is 0.249 e. The molecule has 1 N–H and O–H groups in total. The molecule has 0 atom stereocenters. The summed E-state index contributed by atoms with van der Waals surface area (Å²) in [6, 6.07) is 7.66. The molecule has 1 amide bonds. The van der Waals surface area contributed by atoms with Crippen molar-refractivity contribution in [3.63, 3.8) is 0 Å². The van der Waals surface area contributed by atoms with Crippen LogP contribution in [0.2, 0.25) is 0 Å². The van der Waals surface area contributed by atoms with Gasteiger partial charge in [-0.1, -0.05) is 12.1 Å². The molecule has 2 aromatic rings. The second-order valence-electron chi connectivity index (χ2n) is 3.51. The lowest BCUT2D eigenvalue weighted by Gasteiger charge is -2.03. The fourth-order valence-electron chi connectivity index (χ4n) is 1.32. The number of carbonyl (C=O) groups excluding carboxylic acids is 1. The van der Waals surface area contributed by atoms with Crippen molar-refractivity contribution >= 4 is 29.1 Å². The average molecular weight is 244 g/mol. The standard InChI is InChI=1S/C13H12N2OS/c1-10-4-2-8-14-13(10)15-12(16)7-6-11-5-3-9-17-11/h2-9H,1H3,(H,14,15,16). The van der Waals surface area contributed by atoms with Crippen molar-refractivity contribution in [2.24, 2.45) is 0 Å². The molecule has 0 unspecified atom stereocenters. The van der Waals surface area contributed by atoms with Gasteiger partial charge in [-0.15, -0.1) is 11.3 Å². The summed E-state index contributed by atoms with van der Waals surface area (Å²) in [6.07, 6.45) is 4.96. The first-order valence-electron chi connectivity index (χ1n) is 5.20. The molecule has 3 nitrogen and oxygen atoms in total. The van der Waals surface area contributed by atoms with Crippen LogP contribution >= 0.6 is 11.3 Å². The number of thiophene rings is 1. The largest absolute Gasteiger partial charge is 0.307 e. The summed E-state index contributed by atoms with van der Waals surface area (Å²) in [5, 5.41) is 4.71. The van der Waals surface area contributed by atoms with Gasteiger partial charge >= 0.3 is 0 Å². The number of nitrogens with one attached hydrogen (secondary N) is 1. The van der Waals surface area contributed by atoms with Gasteiger partial charge in [0.1, 0.15) is 5.82 Å². The highest BCUT2D eigenvalue weighted by molar-refractivity contribution is 7.10. The number of carbonyl (C=O) groups is 1. The predicted molar refractivity (Wildman–Crippen MR) is 71.0 cm³/mol. The Balaban J connectivity index is 2.01. The molecule has 0 spiro atoms. The summed E-state index contributed by atoms with van der Waals surface area (Å²) < 4.78 is 0. The van der Waals surface area contributed by atoms with Gasteiger partial charge in [0.25, 0.3) is 0 Å². The molecule has 4 heteroatoms. The SMILES string of the molecule is Cc1cccnc1NC(=O)C=Cc1cccs1. The highest BCUT2D eigenvalue weighted by atomic mass is 32.1. The minimum absolute atomic E-state index is 0.166. The molecule has 0 fully saturated rings. The van der Waals surface area contributed by atoms with E-state index in [9.17, 15) is 4.79 Å². The number of pyridine rings is 1. The summed E-state index contributed by atoms with van der Waals surface area (Å²) in [5.41, 5.74) is 0.949. The van der Waals surface area contributed by atoms with Gasteiger partial charge in [0.15, 0.2) is 0 Å². The molecular weight excluding hydrogens is 232 g/mol. The van der Waals surface area contributed by atoms with Crippen LogP contribution in [0.4, 0.5) is 5.82 Å². The van der Waals surface area contributed by atoms with Crippen LogP contribution in [-0.4, -0.2) is 10.9 Å². The topological polar surface area (TPSA) is 42.0 Å². The van der Waals surface area contributed by atoms with E-state index >= 15 is 0 Å². The Morgan fingerprint density at radius 3 is 3.00 bits per heavy atom. The molecule has 0 aliphatic carbocycles. The van der Waals surface area contributed by atoms with Crippen molar-refractivity contribution in [3.05, 3.63) is 52.4 Å². The Morgan fingerprint density at radius 2 is 2.29 bits per heavy atom. The van der Waals surface area contributed by atoms with Gasteiger partial charge in [-0.2, -0.15) is 0 Å². The molecule has 86 valence electrons. The third-order valence-electron chi connectivity index (χ3n) is 2.19. The van der Waals surface area contributed by atoms with E-state index in [4.69, 9.17) is 0 Å². The monoisotopic (exact) mass is 244 g/mol. The summed E-state index contributed by atoms with van der Waals surface area (Å²) in [7, 11) is 0. The fraction of sp³-hybridized carbons (Fsp3) is 0.0769. The van der Waals surface area contributed by atoms with Crippen LogP contribution in [-0.2, 0) is 4.79 Å². The van der Waals surface area contributed by atoms with Gasteiger partial charge in [-0.3, -0.25) is 4.79 Å². The van der Waals surface area contributed by atoms with E-state index in [0.29, 0.717) is 5.82 Å². The minimum Gasteiger partial charge on any atom is -0.307 e. The molecular formula is C13H12N2OS. The van der Waals surface area contributed by atoms with Gasteiger partial charge < -0.3 is 5.32 Å². The van der Waals surface area contributed by atoms with Crippen LogP contribution in [0, 0.1) is 6.92 Å². The number of anilines is 1. The van der Waals surface area contributed by atoms with Crippen molar-refractivity contribution < 1.29 is 4.79 Å². The number of nitrogens with zero attached hydrogens (tertiary/aromatic N) is 1. The van der Waals surface area contributed by atoms with E-state index in [0.717, 1.165) is 10.4 Å². The molecule has 0 aliphatic rings. The lowest BCUT2D eigenvalue weighted by molar-refractivity contribution is -0.111. The zero-order chi connectivity index (χ0) is 12.1. The van der Waals surface area contributed by atoms with E-state index in [1.807, 2.05) is 36.6 Å². The van der Waals surface area contributed by atoms with Crippen molar-refractivity contribution in [2.45, 2.75) is 6.92 Å². The summed E-state index contributed by atoms with van der Waals surface area (Å²) in [6.45, 7) is 1.91. The minimum atomic E-state index is -0.166. The van der Waals surface area contributed by atoms with E-state index in [-0.39, 0.29) is 5.91 Å². The molecule has 0 aromatic carbocycles. The van der Waals surface area contributed by atoms with E-state index in [1.165, 1.54) is 6.08 Å². The number of amides is 1. The van der Waals surface area contributed by atoms with Crippen molar-refractivity contribution in [1.82, 2.24) is 4.98 Å². The molecule has 2 rings (SSSR count). The van der Waals surface area contributed by atoms with Gasteiger partial charge in [0.05, 0.1) is 0 Å². The lowest BCUT2D eigenvalue weighted by Crippen LogP contribution is -2.10. The average Bonchev–Trinajstić information content (AvgIpc) is 2.82. The third-order valence-corrected chi connectivity index (χ3v) is 3.03. The first-order valence-corrected chi connectivity index (χ1v) is 6.08. The van der Waals surface area contributed by atoms with Crippen LogP contribution in [0.5, 0.6) is 0 Å². The highest BCUT2D eigenvalue weighted by Crippen LogP contribution is 2.11. The number of aromatic nitrogens is 1. The van der Waals surface area contributed by atoms with Crippen LogP contribution in [0.3, 0.4) is 0 Å². The molecule has 0 radical (unpaired) electrons. The van der Waals surface area contributed by atoms with Crippen LogP contribution in [0.15, 0.2) is 41.9 Å². The maximum atomic E-state index is 11.6. The van der Waals surface area contributed by atoms with Crippen LogP contribution < -0.4 is 5.32 Å². The molecule has 0 bridgehead atoms.